The van der Waals surface area contributed by atoms with Crippen LogP contribution in [0.5, 0.6) is 11.5 Å². The summed E-state index contributed by atoms with van der Waals surface area (Å²) >= 11 is 11.6. The van der Waals surface area contributed by atoms with Gasteiger partial charge in [-0.15, -0.1) is 0 Å². The molecular formula is C15H12Cl2N2O3. The van der Waals surface area contributed by atoms with Crippen LogP contribution in [-0.2, 0) is 0 Å². The van der Waals surface area contributed by atoms with Gasteiger partial charge in [-0.25, -0.2) is 4.98 Å². The van der Waals surface area contributed by atoms with Crippen molar-refractivity contribution >= 4 is 34.8 Å². The molecule has 0 bridgehead atoms. The van der Waals surface area contributed by atoms with Gasteiger partial charge in [0.15, 0.2) is 11.5 Å². The lowest BCUT2D eigenvalue weighted by Crippen LogP contribution is -2.12. The molecular weight excluding hydrogens is 327 g/mol. The van der Waals surface area contributed by atoms with Crippen molar-refractivity contribution in [3.8, 4) is 11.5 Å². The lowest BCUT2D eigenvalue weighted by molar-refractivity contribution is 0.102. The maximum atomic E-state index is 12.2. The molecule has 1 aromatic heterocycles. The number of anilines is 1. The molecule has 2 aromatic rings. The Balaban J connectivity index is 1.79. The molecule has 0 spiro atoms. The molecule has 0 atom stereocenters. The molecule has 0 saturated carbocycles. The number of hydrogen-bond donors (Lipinski definition) is 1. The Kier molecular flexibility index (Phi) is 4.36. The number of benzene rings is 1. The van der Waals surface area contributed by atoms with Gasteiger partial charge < -0.3 is 14.8 Å². The van der Waals surface area contributed by atoms with Crippen LogP contribution in [0.3, 0.4) is 0 Å². The number of carbonyl (C=O) groups is 1. The Morgan fingerprint density at radius 2 is 1.91 bits per heavy atom. The minimum atomic E-state index is -0.333. The van der Waals surface area contributed by atoms with Crippen LogP contribution in [0.1, 0.15) is 16.8 Å². The van der Waals surface area contributed by atoms with Crippen LogP contribution in [0.25, 0.3) is 0 Å². The predicted molar refractivity (Wildman–Crippen MR) is 84.3 cm³/mol. The highest BCUT2D eigenvalue weighted by atomic mass is 35.5. The average Bonchev–Trinajstić information content (AvgIpc) is 2.74. The van der Waals surface area contributed by atoms with Crippen molar-refractivity contribution in [2.45, 2.75) is 6.42 Å². The van der Waals surface area contributed by atoms with Crippen molar-refractivity contribution in [2.24, 2.45) is 0 Å². The quantitative estimate of drug-likeness (QED) is 0.846. The van der Waals surface area contributed by atoms with E-state index in [9.17, 15) is 4.79 Å². The molecule has 0 aliphatic carbocycles. The number of ether oxygens (including phenoxy) is 2. The van der Waals surface area contributed by atoms with Crippen LogP contribution in [0, 0.1) is 0 Å². The Bertz CT molecular complexity index is 722. The predicted octanol–water partition coefficient (Wildman–Crippen LogP) is 3.80. The minimum absolute atomic E-state index is 0.161. The molecule has 1 amide bonds. The van der Waals surface area contributed by atoms with Crippen molar-refractivity contribution in [1.29, 1.82) is 0 Å². The van der Waals surface area contributed by atoms with E-state index in [1.165, 1.54) is 12.3 Å². The van der Waals surface area contributed by atoms with E-state index in [0.717, 1.165) is 6.42 Å². The number of rotatable bonds is 2. The fourth-order valence-corrected chi connectivity index (χ4v) is 2.26. The molecule has 114 valence electrons. The molecule has 5 nitrogen and oxygen atoms in total. The third-order valence-corrected chi connectivity index (χ3v) is 3.75. The fraction of sp³-hybridized carbons (Fsp3) is 0.200. The Hall–Kier alpha value is -1.98. The van der Waals surface area contributed by atoms with Gasteiger partial charge in [0, 0.05) is 24.4 Å². The van der Waals surface area contributed by atoms with E-state index in [1.54, 1.807) is 18.2 Å². The van der Waals surface area contributed by atoms with Gasteiger partial charge in [0.05, 0.1) is 23.8 Å². The first kappa shape index (κ1) is 14.9. The molecule has 0 radical (unpaired) electrons. The number of carbonyl (C=O) groups excluding carboxylic acids is 1. The monoisotopic (exact) mass is 338 g/mol. The van der Waals surface area contributed by atoms with E-state index in [1.807, 2.05) is 0 Å². The second-order valence-electron chi connectivity index (χ2n) is 4.66. The zero-order valence-corrected chi connectivity index (χ0v) is 12.9. The van der Waals surface area contributed by atoms with Gasteiger partial charge in [0.25, 0.3) is 5.91 Å². The number of pyridine rings is 1. The van der Waals surface area contributed by atoms with E-state index >= 15 is 0 Å². The van der Waals surface area contributed by atoms with E-state index in [2.05, 4.69) is 10.3 Å². The zero-order chi connectivity index (χ0) is 15.5. The van der Waals surface area contributed by atoms with Crippen molar-refractivity contribution < 1.29 is 14.3 Å². The summed E-state index contributed by atoms with van der Waals surface area (Å²) in [6.45, 7) is 1.20. The summed E-state index contributed by atoms with van der Waals surface area (Å²) < 4.78 is 11.1. The molecule has 0 saturated heterocycles. The molecule has 3 rings (SSSR count). The highest BCUT2D eigenvalue weighted by molar-refractivity contribution is 6.41. The van der Waals surface area contributed by atoms with Crippen LogP contribution >= 0.6 is 23.2 Å². The molecule has 1 aliphatic heterocycles. The van der Waals surface area contributed by atoms with Crippen molar-refractivity contribution in [3.05, 3.63) is 46.2 Å². The number of halogens is 2. The van der Waals surface area contributed by atoms with Gasteiger partial charge in [-0.3, -0.25) is 4.79 Å². The van der Waals surface area contributed by atoms with Crippen LogP contribution in [-0.4, -0.2) is 24.1 Å². The smallest absolute Gasteiger partial charge is 0.257 e. The number of hydrogen-bond acceptors (Lipinski definition) is 4. The van der Waals surface area contributed by atoms with Crippen LogP contribution in [0.15, 0.2) is 30.5 Å². The van der Waals surface area contributed by atoms with Gasteiger partial charge in [-0.2, -0.15) is 0 Å². The van der Waals surface area contributed by atoms with Gasteiger partial charge in [0.1, 0.15) is 5.15 Å². The van der Waals surface area contributed by atoms with Crippen molar-refractivity contribution in [3.63, 3.8) is 0 Å². The van der Waals surface area contributed by atoms with Crippen LogP contribution in [0.4, 0.5) is 5.69 Å². The molecule has 1 aromatic carbocycles. The van der Waals surface area contributed by atoms with Gasteiger partial charge in [0.2, 0.25) is 0 Å². The summed E-state index contributed by atoms with van der Waals surface area (Å²) in [7, 11) is 0. The van der Waals surface area contributed by atoms with Gasteiger partial charge >= 0.3 is 0 Å². The third-order valence-electron chi connectivity index (χ3n) is 3.06. The summed E-state index contributed by atoms with van der Waals surface area (Å²) in [5, 5.41) is 3.15. The Labute approximate surface area is 137 Å². The molecule has 1 aliphatic rings. The molecule has 1 N–H and O–H groups in total. The highest BCUT2D eigenvalue weighted by Gasteiger charge is 2.13. The normalized spacial score (nSPS) is 13.4. The molecule has 22 heavy (non-hydrogen) atoms. The zero-order valence-electron chi connectivity index (χ0n) is 11.4. The summed E-state index contributed by atoms with van der Waals surface area (Å²) in [6, 6.07) is 6.71. The number of aromatic nitrogens is 1. The van der Waals surface area contributed by atoms with E-state index in [0.29, 0.717) is 36.0 Å². The maximum absolute atomic E-state index is 12.2. The summed E-state index contributed by atoms with van der Waals surface area (Å²) in [4.78, 5) is 16.0. The summed E-state index contributed by atoms with van der Waals surface area (Å²) in [6.07, 6.45) is 2.19. The maximum Gasteiger partial charge on any atom is 0.257 e. The standard InChI is InChI=1S/C15H12Cl2N2O3/c16-11-6-9(8-18-14(11)17)15(20)19-10-2-3-12-13(7-10)22-5-1-4-21-12/h2-3,6-8H,1,4-5H2,(H,19,20). The SMILES string of the molecule is O=C(Nc1ccc2c(c1)OCCCO2)c1cnc(Cl)c(Cl)c1. The number of nitrogens with one attached hydrogen (secondary N) is 1. The first-order valence-corrected chi connectivity index (χ1v) is 7.41. The number of fused-ring (bicyclic) bond motifs is 1. The second-order valence-corrected chi connectivity index (χ2v) is 5.43. The Morgan fingerprint density at radius 1 is 1.14 bits per heavy atom. The van der Waals surface area contributed by atoms with E-state index in [-0.39, 0.29) is 16.1 Å². The molecule has 0 fully saturated rings. The minimum Gasteiger partial charge on any atom is -0.490 e. The van der Waals surface area contributed by atoms with Gasteiger partial charge in [-0.1, -0.05) is 23.2 Å². The molecule has 2 heterocycles. The lowest BCUT2D eigenvalue weighted by atomic mass is 10.2. The van der Waals surface area contributed by atoms with Crippen LogP contribution in [0.2, 0.25) is 10.2 Å². The first-order valence-electron chi connectivity index (χ1n) is 6.65. The average molecular weight is 339 g/mol. The van der Waals surface area contributed by atoms with E-state index in [4.69, 9.17) is 32.7 Å². The highest BCUT2D eigenvalue weighted by Crippen LogP contribution is 2.32. The summed E-state index contributed by atoms with van der Waals surface area (Å²) in [5.74, 6) is 0.954. The second kappa shape index (κ2) is 6.42. The first-order chi connectivity index (χ1) is 10.6. The lowest BCUT2D eigenvalue weighted by Gasteiger charge is -2.10. The Morgan fingerprint density at radius 3 is 2.68 bits per heavy atom. The topological polar surface area (TPSA) is 60.5 Å². The third kappa shape index (κ3) is 3.26. The largest absolute Gasteiger partial charge is 0.490 e. The van der Waals surface area contributed by atoms with E-state index < -0.39 is 0 Å². The summed E-state index contributed by atoms with van der Waals surface area (Å²) in [5.41, 5.74) is 0.918. The number of nitrogens with zero attached hydrogens (tertiary/aromatic N) is 1. The van der Waals surface area contributed by atoms with Crippen molar-refractivity contribution in [2.75, 3.05) is 18.5 Å². The number of amides is 1. The van der Waals surface area contributed by atoms with Gasteiger partial charge in [-0.05, 0) is 18.2 Å². The van der Waals surface area contributed by atoms with Crippen molar-refractivity contribution in [1.82, 2.24) is 4.98 Å². The van der Waals surface area contributed by atoms with Crippen LogP contribution < -0.4 is 14.8 Å². The fourth-order valence-electron chi connectivity index (χ4n) is 1.99. The molecule has 7 heteroatoms. The molecule has 0 unspecified atom stereocenters.